The smallest absolute Gasteiger partial charge is 0.333 e. The Hall–Kier alpha value is -4.20. The Kier molecular flexibility index (Phi) is 7.61. The van der Waals surface area contributed by atoms with E-state index in [2.05, 4.69) is 16.4 Å². The van der Waals surface area contributed by atoms with E-state index in [1.165, 1.54) is 6.20 Å². The molecule has 0 aliphatic carbocycles. The second-order valence-electron chi connectivity index (χ2n) is 9.37. The number of carbonyl (C=O) groups is 1. The van der Waals surface area contributed by atoms with Gasteiger partial charge in [-0.25, -0.2) is 14.2 Å². The van der Waals surface area contributed by atoms with Crippen LogP contribution in [0, 0.1) is 17.1 Å². The topological polar surface area (TPSA) is 74.0 Å². The summed E-state index contributed by atoms with van der Waals surface area (Å²) in [5.74, 6) is -1.08. The molecule has 2 aromatic carbocycles. The lowest BCUT2D eigenvalue weighted by Crippen LogP contribution is -2.34. The van der Waals surface area contributed by atoms with Crippen molar-refractivity contribution in [1.82, 2.24) is 19.8 Å². The van der Waals surface area contributed by atoms with Crippen LogP contribution in [0.2, 0.25) is 5.15 Å². The minimum Gasteiger partial charge on any atom is -0.333 e. The van der Waals surface area contributed by atoms with Gasteiger partial charge >= 0.3 is 12.2 Å². The highest BCUT2D eigenvalue weighted by atomic mass is 35.5. The molecule has 0 radical (unpaired) electrons. The van der Waals surface area contributed by atoms with Crippen LogP contribution in [0.3, 0.4) is 0 Å². The molecule has 1 N–H and O–H groups in total. The second kappa shape index (κ2) is 11.1. The van der Waals surface area contributed by atoms with Crippen molar-refractivity contribution in [2.75, 3.05) is 13.1 Å². The quantitative estimate of drug-likeness (QED) is 0.219. The fraction of sp³-hybridized carbons (Fsp3) is 0.207. The first-order valence-corrected chi connectivity index (χ1v) is 12.7. The molecule has 0 bridgehead atoms. The molecule has 11 heteroatoms. The number of carbonyl (C=O) groups excluding carboxylic acids is 1. The number of fused-ring (bicyclic) bond motifs is 3. The normalized spacial score (nSPS) is 13.9. The maximum Gasteiger partial charge on any atom is 0.417 e. The van der Waals surface area contributed by atoms with Crippen molar-refractivity contribution < 1.29 is 22.4 Å². The Labute approximate surface area is 232 Å². The van der Waals surface area contributed by atoms with Gasteiger partial charge in [0.15, 0.2) is 0 Å². The molecule has 5 rings (SSSR count). The molecule has 0 fully saturated rings. The summed E-state index contributed by atoms with van der Waals surface area (Å²) in [4.78, 5) is 19.2. The minimum absolute atomic E-state index is 0.0588. The van der Waals surface area contributed by atoms with Crippen LogP contribution < -0.4 is 5.32 Å². The van der Waals surface area contributed by atoms with Gasteiger partial charge in [-0.05, 0) is 53.1 Å². The summed E-state index contributed by atoms with van der Waals surface area (Å²) in [6, 6.07) is 13.1. The minimum atomic E-state index is -4.82. The average Bonchev–Trinajstić information content (AvgIpc) is 3.24. The van der Waals surface area contributed by atoms with E-state index in [0.29, 0.717) is 48.0 Å². The summed E-state index contributed by atoms with van der Waals surface area (Å²) in [6.45, 7) is 1.14. The number of nitrogens with one attached hydrogen (secondary N) is 1. The molecule has 6 nitrogen and oxygen atoms in total. The van der Waals surface area contributed by atoms with E-state index in [1.807, 2.05) is 17.1 Å². The predicted molar refractivity (Wildman–Crippen MR) is 143 cm³/mol. The first-order chi connectivity index (χ1) is 19.1. The fourth-order valence-corrected chi connectivity index (χ4v) is 5.13. The van der Waals surface area contributed by atoms with Crippen LogP contribution in [-0.2, 0) is 25.7 Å². The van der Waals surface area contributed by atoms with Crippen LogP contribution in [0.4, 0.5) is 22.4 Å². The molecule has 2 aromatic heterocycles. The van der Waals surface area contributed by atoms with Gasteiger partial charge in [0, 0.05) is 49.9 Å². The maximum atomic E-state index is 14.5. The van der Waals surface area contributed by atoms with Crippen molar-refractivity contribution in [3.05, 3.63) is 105 Å². The van der Waals surface area contributed by atoms with Gasteiger partial charge in [-0.3, -0.25) is 9.47 Å². The Bertz CT molecular complexity index is 1650. The number of nitrogens with zero attached hydrogens (tertiary/aromatic N) is 4. The van der Waals surface area contributed by atoms with E-state index < -0.39 is 23.6 Å². The lowest BCUT2D eigenvalue weighted by molar-refractivity contribution is -0.136. The van der Waals surface area contributed by atoms with Crippen molar-refractivity contribution in [3.63, 3.8) is 0 Å². The third kappa shape index (κ3) is 5.71. The molecule has 1 aliphatic rings. The van der Waals surface area contributed by atoms with Crippen LogP contribution >= 0.6 is 11.6 Å². The first-order valence-electron chi connectivity index (χ1n) is 12.3. The second-order valence-corrected chi connectivity index (χ2v) is 9.76. The zero-order valence-electron chi connectivity index (χ0n) is 21.0. The summed E-state index contributed by atoms with van der Waals surface area (Å²) in [5.41, 5.74) is 1.61. The summed E-state index contributed by atoms with van der Waals surface area (Å²) >= 11 is 5.91. The molecule has 1 aliphatic heterocycles. The van der Waals surface area contributed by atoms with Crippen LogP contribution in [-0.4, -0.2) is 33.6 Å². The predicted octanol–water partition coefficient (Wildman–Crippen LogP) is 6.55. The summed E-state index contributed by atoms with van der Waals surface area (Å²) in [5, 5.41) is 11.7. The largest absolute Gasteiger partial charge is 0.417 e. The molecule has 3 heterocycles. The molecular weight excluding hydrogens is 546 g/mol. The zero-order valence-corrected chi connectivity index (χ0v) is 21.7. The Morgan fingerprint density at radius 1 is 1.18 bits per heavy atom. The number of benzene rings is 2. The number of amides is 1. The van der Waals surface area contributed by atoms with Crippen LogP contribution in [0.5, 0.6) is 0 Å². The van der Waals surface area contributed by atoms with Gasteiger partial charge in [-0.1, -0.05) is 35.9 Å². The molecule has 0 saturated carbocycles. The lowest BCUT2D eigenvalue weighted by atomic mass is 10.00. The van der Waals surface area contributed by atoms with Crippen LogP contribution in [0.25, 0.3) is 17.0 Å². The SMILES string of the molecule is N#Cc1ccc(C=CCN2CCc3c(c4c(C(F)(F)F)cc(F)cc4n3C(=O)NCc3ccnc(Cl)c3)C2)cc1. The van der Waals surface area contributed by atoms with Gasteiger partial charge in [-0.15, -0.1) is 0 Å². The van der Waals surface area contributed by atoms with Crippen molar-refractivity contribution in [1.29, 1.82) is 5.26 Å². The highest BCUT2D eigenvalue weighted by Gasteiger charge is 2.38. The number of hydrogen-bond donors (Lipinski definition) is 1. The van der Waals surface area contributed by atoms with Gasteiger partial charge in [-0.2, -0.15) is 18.4 Å². The van der Waals surface area contributed by atoms with Gasteiger partial charge in [0.1, 0.15) is 11.0 Å². The molecule has 0 atom stereocenters. The van der Waals surface area contributed by atoms with E-state index in [-0.39, 0.29) is 29.1 Å². The Balaban J connectivity index is 1.47. The lowest BCUT2D eigenvalue weighted by Gasteiger charge is -2.27. The molecule has 204 valence electrons. The van der Waals surface area contributed by atoms with Crippen molar-refractivity contribution in [2.45, 2.75) is 25.7 Å². The molecule has 0 unspecified atom stereocenters. The molecule has 1 amide bonds. The molecule has 0 spiro atoms. The molecular formula is C29H22ClF4N5O. The molecule has 40 heavy (non-hydrogen) atoms. The van der Waals surface area contributed by atoms with Crippen molar-refractivity contribution in [3.8, 4) is 6.07 Å². The fourth-order valence-electron chi connectivity index (χ4n) is 4.94. The molecule has 0 saturated heterocycles. The van der Waals surface area contributed by atoms with E-state index in [0.717, 1.165) is 16.2 Å². The Morgan fingerprint density at radius 2 is 1.95 bits per heavy atom. The number of hydrogen-bond acceptors (Lipinski definition) is 4. The van der Waals surface area contributed by atoms with Crippen molar-refractivity contribution >= 4 is 34.6 Å². The van der Waals surface area contributed by atoms with Crippen molar-refractivity contribution in [2.24, 2.45) is 0 Å². The van der Waals surface area contributed by atoms with Crippen LogP contribution in [0.15, 0.2) is 60.8 Å². The Morgan fingerprint density at radius 3 is 2.65 bits per heavy atom. The maximum absolute atomic E-state index is 14.5. The first kappa shape index (κ1) is 27.4. The molecule has 4 aromatic rings. The highest BCUT2D eigenvalue weighted by molar-refractivity contribution is 6.29. The van der Waals surface area contributed by atoms with E-state index in [1.54, 1.807) is 36.4 Å². The monoisotopic (exact) mass is 567 g/mol. The number of nitriles is 1. The zero-order chi connectivity index (χ0) is 28.4. The van der Waals surface area contributed by atoms with Gasteiger partial charge < -0.3 is 5.32 Å². The third-order valence-corrected chi connectivity index (χ3v) is 6.95. The van der Waals surface area contributed by atoms with Gasteiger partial charge in [0.2, 0.25) is 0 Å². The van der Waals surface area contributed by atoms with Crippen LogP contribution in [0.1, 0.15) is 33.5 Å². The third-order valence-electron chi connectivity index (χ3n) is 6.75. The summed E-state index contributed by atoms with van der Waals surface area (Å²) in [6.07, 6.45) is 0.717. The average molecular weight is 568 g/mol. The van der Waals surface area contributed by atoms with E-state index in [9.17, 15) is 22.4 Å². The number of aromatic nitrogens is 2. The number of halogens is 5. The van der Waals surface area contributed by atoms with Gasteiger partial charge in [0.25, 0.3) is 0 Å². The summed E-state index contributed by atoms with van der Waals surface area (Å²) < 4.78 is 57.9. The number of pyridine rings is 1. The summed E-state index contributed by atoms with van der Waals surface area (Å²) in [7, 11) is 0. The number of rotatable bonds is 5. The standard InChI is InChI=1S/C29H22ClF4N5O/c30-26-12-20(7-9-36-26)16-37-28(40)39-24-8-11-38(10-1-2-18-3-5-19(15-35)6-4-18)17-22(24)27-23(29(32,33)34)13-21(31)14-25(27)39/h1-7,9,12-14H,8,10-11,16-17H2,(H,37,40). The number of alkyl halides is 3. The van der Waals surface area contributed by atoms with E-state index in [4.69, 9.17) is 16.9 Å². The highest BCUT2D eigenvalue weighted by Crippen LogP contribution is 2.41. The van der Waals surface area contributed by atoms with E-state index >= 15 is 0 Å². The van der Waals surface area contributed by atoms with Gasteiger partial charge in [0.05, 0.1) is 22.7 Å².